The van der Waals surface area contributed by atoms with E-state index in [4.69, 9.17) is 5.11 Å². The minimum Gasteiger partial charge on any atom is -0.396 e. The van der Waals surface area contributed by atoms with E-state index in [1.807, 2.05) is 11.3 Å². The third-order valence-corrected chi connectivity index (χ3v) is 4.13. The highest BCUT2D eigenvalue weighted by Crippen LogP contribution is 2.24. The SMILES string of the molecule is OCC1CCC(NCc2cccs2)CC1. The molecule has 1 aromatic rings. The van der Waals surface area contributed by atoms with Gasteiger partial charge in [-0.2, -0.15) is 0 Å². The molecule has 0 atom stereocenters. The summed E-state index contributed by atoms with van der Waals surface area (Å²) in [5.41, 5.74) is 0. The van der Waals surface area contributed by atoms with Gasteiger partial charge in [-0.3, -0.25) is 0 Å². The molecule has 0 aromatic carbocycles. The molecule has 2 rings (SSSR count). The first-order valence-electron chi connectivity index (χ1n) is 5.75. The van der Waals surface area contributed by atoms with Crippen molar-refractivity contribution >= 4 is 11.3 Å². The van der Waals surface area contributed by atoms with E-state index in [0.717, 1.165) is 6.54 Å². The molecule has 0 spiro atoms. The third kappa shape index (κ3) is 3.30. The molecule has 0 bridgehead atoms. The van der Waals surface area contributed by atoms with Gasteiger partial charge in [0.2, 0.25) is 0 Å². The minimum atomic E-state index is 0.373. The van der Waals surface area contributed by atoms with Gasteiger partial charge in [0.1, 0.15) is 0 Å². The topological polar surface area (TPSA) is 32.3 Å². The van der Waals surface area contributed by atoms with Gasteiger partial charge in [0.25, 0.3) is 0 Å². The second-order valence-corrected chi connectivity index (χ2v) is 5.39. The molecule has 1 aliphatic rings. The molecule has 0 radical (unpaired) electrons. The van der Waals surface area contributed by atoms with Crippen LogP contribution in [-0.4, -0.2) is 17.8 Å². The lowest BCUT2D eigenvalue weighted by molar-refractivity contribution is 0.175. The smallest absolute Gasteiger partial charge is 0.0459 e. The van der Waals surface area contributed by atoms with Crippen LogP contribution in [0.4, 0.5) is 0 Å². The van der Waals surface area contributed by atoms with Crippen LogP contribution in [0.1, 0.15) is 30.6 Å². The van der Waals surface area contributed by atoms with Crippen LogP contribution in [0.25, 0.3) is 0 Å². The highest BCUT2D eigenvalue weighted by Gasteiger charge is 2.19. The fourth-order valence-electron chi connectivity index (χ4n) is 2.21. The first kappa shape index (κ1) is 11.1. The fraction of sp³-hybridized carbons (Fsp3) is 0.667. The van der Waals surface area contributed by atoms with Crippen LogP contribution in [0, 0.1) is 5.92 Å². The highest BCUT2D eigenvalue weighted by molar-refractivity contribution is 7.09. The number of nitrogens with one attached hydrogen (secondary N) is 1. The summed E-state index contributed by atoms with van der Waals surface area (Å²) >= 11 is 1.81. The van der Waals surface area contributed by atoms with Gasteiger partial charge in [-0.25, -0.2) is 0 Å². The molecule has 1 aliphatic carbocycles. The maximum absolute atomic E-state index is 9.04. The number of hydrogen-bond acceptors (Lipinski definition) is 3. The highest BCUT2D eigenvalue weighted by atomic mass is 32.1. The summed E-state index contributed by atoms with van der Waals surface area (Å²) in [6.45, 7) is 1.38. The van der Waals surface area contributed by atoms with E-state index in [9.17, 15) is 0 Å². The Morgan fingerprint density at radius 3 is 2.73 bits per heavy atom. The van der Waals surface area contributed by atoms with Crippen molar-refractivity contribution in [2.45, 2.75) is 38.3 Å². The third-order valence-electron chi connectivity index (χ3n) is 3.25. The molecular formula is C12H19NOS. The van der Waals surface area contributed by atoms with E-state index in [-0.39, 0.29) is 0 Å². The quantitative estimate of drug-likeness (QED) is 0.824. The molecule has 0 unspecified atom stereocenters. The van der Waals surface area contributed by atoms with Crippen molar-refractivity contribution in [3.05, 3.63) is 22.4 Å². The second kappa shape index (κ2) is 5.64. The Morgan fingerprint density at radius 2 is 2.13 bits per heavy atom. The summed E-state index contributed by atoms with van der Waals surface area (Å²) in [6, 6.07) is 4.94. The van der Waals surface area contributed by atoms with E-state index < -0.39 is 0 Å². The Kier molecular flexibility index (Phi) is 4.18. The fourth-order valence-corrected chi connectivity index (χ4v) is 2.86. The van der Waals surface area contributed by atoms with Crippen LogP contribution in [0.3, 0.4) is 0 Å². The van der Waals surface area contributed by atoms with Crippen LogP contribution in [0.15, 0.2) is 17.5 Å². The van der Waals surface area contributed by atoms with E-state index in [1.54, 1.807) is 0 Å². The van der Waals surface area contributed by atoms with Crippen molar-refractivity contribution in [2.75, 3.05) is 6.61 Å². The molecule has 15 heavy (non-hydrogen) atoms. The van der Waals surface area contributed by atoms with Gasteiger partial charge in [-0.05, 0) is 43.0 Å². The summed E-state index contributed by atoms with van der Waals surface area (Å²) in [5, 5.41) is 14.8. The minimum absolute atomic E-state index is 0.373. The largest absolute Gasteiger partial charge is 0.396 e. The zero-order valence-electron chi connectivity index (χ0n) is 8.98. The van der Waals surface area contributed by atoms with Crippen LogP contribution in [0.2, 0.25) is 0 Å². The molecule has 1 aromatic heterocycles. The van der Waals surface area contributed by atoms with E-state index in [1.165, 1.54) is 30.6 Å². The maximum atomic E-state index is 9.04. The number of aliphatic hydroxyl groups excluding tert-OH is 1. The summed E-state index contributed by atoms with van der Waals surface area (Å²) < 4.78 is 0. The predicted octanol–water partition coefficient (Wildman–Crippen LogP) is 2.39. The van der Waals surface area contributed by atoms with Crippen molar-refractivity contribution in [2.24, 2.45) is 5.92 Å². The molecule has 2 nitrogen and oxygen atoms in total. The lowest BCUT2D eigenvalue weighted by atomic mass is 9.86. The van der Waals surface area contributed by atoms with Gasteiger partial charge >= 0.3 is 0 Å². The second-order valence-electron chi connectivity index (χ2n) is 4.36. The zero-order valence-corrected chi connectivity index (χ0v) is 9.80. The summed E-state index contributed by atoms with van der Waals surface area (Å²) in [4.78, 5) is 1.42. The van der Waals surface area contributed by atoms with Crippen LogP contribution in [0.5, 0.6) is 0 Å². The number of thiophene rings is 1. The predicted molar refractivity (Wildman–Crippen MR) is 64.0 cm³/mol. The van der Waals surface area contributed by atoms with Crippen LogP contribution < -0.4 is 5.32 Å². The van der Waals surface area contributed by atoms with Crippen molar-refractivity contribution in [3.8, 4) is 0 Å². The normalized spacial score (nSPS) is 26.7. The summed E-state index contributed by atoms with van der Waals surface area (Å²) in [5.74, 6) is 0.560. The average molecular weight is 225 g/mol. The Bertz CT molecular complexity index is 265. The summed E-state index contributed by atoms with van der Waals surface area (Å²) in [6.07, 6.45) is 4.80. The number of rotatable bonds is 4. The Balaban J connectivity index is 1.69. The van der Waals surface area contributed by atoms with Gasteiger partial charge in [0, 0.05) is 24.1 Å². The van der Waals surface area contributed by atoms with Gasteiger partial charge in [0.05, 0.1) is 0 Å². The maximum Gasteiger partial charge on any atom is 0.0459 e. The molecule has 0 aliphatic heterocycles. The molecule has 84 valence electrons. The molecule has 2 N–H and O–H groups in total. The lowest BCUT2D eigenvalue weighted by Gasteiger charge is -2.27. The lowest BCUT2D eigenvalue weighted by Crippen LogP contribution is -2.33. The molecule has 3 heteroatoms. The molecular weight excluding hydrogens is 206 g/mol. The molecule has 0 saturated heterocycles. The van der Waals surface area contributed by atoms with Crippen molar-refractivity contribution in [1.82, 2.24) is 5.32 Å². The Morgan fingerprint density at radius 1 is 1.33 bits per heavy atom. The van der Waals surface area contributed by atoms with E-state index >= 15 is 0 Å². The molecule has 0 amide bonds. The van der Waals surface area contributed by atoms with E-state index in [2.05, 4.69) is 22.8 Å². The average Bonchev–Trinajstić information content (AvgIpc) is 2.80. The molecule has 1 saturated carbocycles. The monoisotopic (exact) mass is 225 g/mol. The first-order chi connectivity index (χ1) is 7.38. The van der Waals surface area contributed by atoms with Gasteiger partial charge in [0.15, 0.2) is 0 Å². The van der Waals surface area contributed by atoms with Gasteiger partial charge in [-0.1, -0.05) is 6.07 Å². The van der Waals surface area contributed by atoms with Crippen LogP contribution in [-0.2, 0) is 6.54 Å². The van der Waals surface area contributed by atoms with Gasteiger partial charge < -0.3 is 10.4 Å². The first-order valence-corrected chi connectivity index (χ1v) is 6.63. The van der Waals surface area contributed by atoms with Crippen molar-refractivity contribution in [3.63, 3.8) is 0 Å². The summed E-state index contributed by atoms with van der Waals surface area (Å²) in [7, 11) is 0. The number of aliphatic hydroxyl groups is 1. The molecule has 1 fully saturated rings. The van der Waals surface area contributed by atoms with Gasteiger partial charge in [-0.15, -0.1) is 11.3 Å². The standard InChI is InChI=1S/C12H19NOS/c14-9-10-3-5-11(6-4-10)13-8-12-2-1-7-15-12/h1-2,7,10-11,13-14H,3-6,8-9H2. The number of hydrogen-bond donors (Lipinski definition) is 2. The Hall–Kier alpha value is -0.380. The molecule has 1 heterocycles. The van der Waals surface area contributed by atoms with Crippen LogP contribution >= 0.6 is 11.3 Å². The van der Waals surface area contributed by atoms with Crippen molar-refractivity contribution in [1.29, 1.82) is 0 Å². The Labute approximate surface area is 95.3 Å². The van der Waals surface area contributed by atoms with E-state index in [0.29, 0.717) is 18.6 Å². The van der Waals surface area contributed by atoms with Crippen molar-refractivity contribution < 1.29 is 5.11 Å². The zero-order chi connectivity index (χ0) is 10.5.